The van der Waals surface area contributed by atoms with Crippen molar-refractivity contribution < 1.29 is 14.3 Å². The van der Waals surface area contributed by atoms with Gasteiger partial charge in [0.1, 0.15) is 0 Å². The van der Waals surface area contributed by atoms with E-state index in [9.17, 15) is 9.59 Å². The lowest BCUT2D eigenvalue weighted by Gasteiger charge is -2.36. The second-order valence-electron chi connectivity index (χ2n) is 8.48. The van der Waals surface area contributed by atoms with Gasteiger partial charge >= 0.3 is 0 Å². The van der Waals surface area contributed by atoms with Crippen molar-refractivity contribution in [2.24, 2.45) is 0 Å². The predicted octanol–water partition coefficient (Wildman–Crippen LogP) is 3.54. The number of hydrogen-bond donors (Lipinski definition) is 2. The van der Waals surface area contributed by atoms with Crippen LogP contribution in [0.15, 0.2) is 47.8 Å². The highest BCUT2D eigenvalue weighted by Crippen LogP contribution is 2.42. The van der Waals surface area contributed by atoms with Crippen LogP contribution in [0.4, 0.5) is 0 Å². The Balaban J connectivity index is 1.36. The third-order valence-corrected chi connectivity index (χ3v) is 7.86. The summed E-state index contributed by atoms with van der Waals surface area (Å²) in [6.07, 6.45) is 5.88. The van der Waals surface area contributed by atoms with E-state index in [0.29, 0.717) is 32.6 Å². The fraction of sp³-hybridized carbons (Fsp3) is 0.500. The Hall–Kier alpha value is -2.18. The molecule has 1 saturated heterocycles. The normalized spacial score (nSPS) is 19.9. The van der Waals surface area contributed by atoms with E-state index < -0.39 is 5.41 Å². The summed E-state index contributed by atoms with van der Waals surface area (Å²) in [5, 5.41) is 8.11. The molecular formula is C24H30N2O3S. The summed E-state index contributed by atoms with van der Waals surface area (Å²) in [5.74, 6) is -0.206. The third kappa shape index (κ3) is 4.30. The number of benzene rings is 1. The van der Waals surface area contributed by atoms with Crippen LogP contribution in [0, 0.1) is 0 Å². The smallest absolute Gasteiger partial charge is 0.239 e. The van der Waals surface area contributed by atoms with Crippen molar-refractivity contribution >= 4 is 23.2 Å². The number of carbonyl (C=O) groups is 2. The highest BCUT2D eigenvalue weighted by molar-refractivity contribution is 7.10. The first-order valence-electron chi connectivity index (χ1n) is 10.9. The number of ether oxygens (including phenoxy) is 1. The molecule has 2 aliphatic rings. The number of carbonyl (C=O) groups excluding carboxylic acids is 2. The van der Waals surface area contributed by atoms with Gasteiger partial charge in [0.05, 0.1) is 12.0 Å². The van der Waals surface area contributed by atoms with E-state index in [1.165, 1.54) is 17.7 Å². The minimum Gasteiger partial charge on any atom is -0.381 e. The first kappa shape index (κ1) is 21.1. The molecule has 1 aromatic carbocycles. The van der Waals surface area contributed by atoms with E-state index in [0.717, 1.165) is 18.4 Å². The second kappa shape index (κ2) is 9.31. The zero-order chi connectivity index (χ0) is 20.9. The molecule has 160 valence electrons. The summed E-state index contributed by atoms with van der Waals surface area (Å²) in [6.45, 7) is 1.75. The van der Waals surface area contributed by atoms with Gasteiger partial charge in [-0.3, -0.25) is 9.59 Å². The molecule has 1 saturated carbocycles. The van der Waals surface area contributed by atoms with Crippen molar-refractivity contribution in [3.8, 4) is 0 Å². The van der Waals surface area contributed by atoms with E-state index >= 15 is 0 Å². The van der Waals surface area contributed by atoms with Gasteiger partial charge in [0, 0.05) is 30.1 Å². The van der Waals surface area contributed by atoms with Crippen LogP contribution in [0.2, 0.25) is 0 Å². The van der Waals surface area contributed by atoms with E-state index in [1.807, 2.05) is 30.3 Å². The van der Waals surface area contributed by atoms with E-state index in [1.54, 1.807) is 11.3 Å². The molecule has 0 unspecified atom stereocenters. The van der Waals surface area contributed by atoms with E-state index in [2.05, 4.69) is 28.1 Å². The zero-order valence-corrected chi connectivity index (χ0v) is 18.1. The number of thiophene rings is 1. The molecule has 4 rings (SSSR count). The molecule has 30 heavy (non-hydrogen) atoms. The summed E-state index contributed by atoms with van der Waals surface area (Å²) in [7, 11) is 0. The van der Waals surface area contributed by atoms with Gasteiger partial charge in [0.2, 0.25) is 11.8 Å². The Morgan fingerprint density at radius 1 is 0.933 bits per heavy atom. The monoisotopic (exact) mass is 426 g/mol. The fourth-order valence-electron chi connectivity index (χ4n) is 4.93. The van der Waals surface area contributed by atoms with Crippen molar-refractivity contribution in [3.05, 3.63) is 58.3 Å². The van der Waals surface area contributed by atoms with Gasteiger partial charge in [0.15, 0.2) is 0 Å². The van der Waals surface area contributed by atoms with Crippen molar-refractivity contribution in [2.45, 2.75) is 49.4 Å². The second-order valence-corrected chi connectivity index (χ2v) is 9.43. The molecule has 1 aliphatic carbocycles. The maximum atomic E-state index is 13.2. The lowest BCUT2D eigenvalue weighted by Crippen LogP contribution is -2.51. The molecule has 2 fully saturated rings. The van der Waals surface area contributed by atoms with Gasteiger partial charge in [-0.2, -0.15) is 0 Å². The van der Waals surface area contributed by atoms with E-state index in [4.69, 9.17) is 4.74 Å². The number of hydrogen-bond acceptors (Lipinski definition) is 4. The van der Waals surface area contributed by atoms with Gasteiger partial charge in [0.25, 0.3) is 0 Å². The average Bonchev–Trinajstić information content (AvgIpc) is 3.50. The molecule has 2 amide bonds. The van der Waals surface area contributed by atoms with Crippen molar-refractivity contribution in [1.82, 2.24) is 10.6 Å². The van der Waals surface area contributed by atoms with Crippen LogP contribution in [0.25, 0.3) is 0 Å². The number of amides is 2. The Morgan fingerprint density at radius 2 is 1.67 bits per heavy atom. The van der Waals surface area contributed by atoms with Crippen LogP contribution in [0.1, 0.15) is 49.0 Å². The van der Waals surface area contributed by atoms with Crippen LogP contribution in [0.3, 0.4) is 0 Å². The lowest BCUT2D eigenvalue weighted by molar-refractivity contribution is -0.132. The zero-order valence-electron chi connectivity index (χ0n) is 17.3. The van der Waals surface area contributed by atoms with Crippen LogP contribution < -0.4 is 10.6 Å². The minimum absolute atomic E-state index is 0.00872. The highest BCUT2D eigenvalue weighted by atomic mass is 32.1. The van der Waals surface area contributed by atoms with Gasteiger partial charge < -0.3 is 15.4 Å². The first-order valence-corrected chi connectivity index (χ1v) is 11.7. The number of rotatable bonds is 7. The molecule has 0 spiro atoms. The van der Waals surface area contributed by atoms with Gasteiger partial charge in [-0.25, -0.2) is 0 Å². The lowest BCUT2D eigenvalue weighted by atomic mass is 9.73. The van der Waals surface area contributed by atoms with Crippen LogP contribution in [0.5, 0.6) is 0 Å². The van der Waals surface area contributed by atoms with Crippen molar-refractivity contribution in [1.29, 1.82) is 0 Å². The molecule has 0 radical (unpaired) electrons. The first-order chi connectivity index (χ1) is 14.6. The van der Waals surface area contributed by atoms with Gasteiger partial charge in [-0.15, -0.1) is 11.3 Å². The minimum atomic E-state index is -0.622. The largest absolute Gasteiger partial charge is 0.381 e. The molecule has 6 heteroatoms. The Labute approximate surface area is 182 Å². The molecule has 1 aliphatic heterocycles. The average molecular weight is 427 g/mol. The van der Waals surface area contributed by atoms with Crippen LogP contribution >= 0.6 is 11.3 Å². The molecule has 2 aromatic rings. The molecule has 2 N–H and O–H groups in total. The third-order valence-electron chi connectivity index (χ3n) is 6.75. The Morgan fingerprint density at radius 3 is 2.33 bits per heavy atom. The molecular weight excluding hydrogens is 396 g/mol. The standard InChI is InChI=1S/C24H30N2O3S/c27-21(26-18-23(10-4-5-11-23)20-9-6-16-30-20)17-25-22(28)24(12-14-29-15-13-24)19-7-2-1-3-8-19/h1-3,6-9,16H,4-5,10-15,17-18H2,(H,25,28)(H,26,27). The van der Waals surface area contributed by atoms with Crippen LogP contribution in [-0.2, 0) is 25.2 Å². The van der Waals surface area contributed by atoms with E-state index in [-0.39, 0.29) is 23.8 Å². The van der Waals surface area contributed by atoms with Crippen LogP contribution in [-0.4, -0.2) is 38.1 Å². The molecule has 2 heterocycles. The van der Waals surface area contributed by atoms with Gasteiger partial charge in [-0.05, 0) is 42.7 Å². The fourth-order valence-corrected chi connectivity index (χ4v) is 5.91. The summed E-state index contributed by atoms with van der Waals surface area (Å²) in [6, 6.07) is 14.1. The summed E-state index contributed by atoms with van der Waals surface area (Å²) in [4.78, 5) is 27.1. The maximum absolute atomic E-state index is 13.2. The highest BCUT2D eigenvalue weighted by Gasteiger charge is 2.42. The number of nitrogens with one attached hydrogen (secondary N) is 2. The topological polar surface area (TPSA) is 67.4 Å². The quantitative estimate of drug-likeness (QED) is 0.712. The molecule has 0 atom stereocenters. The summed E-state index contributed by atoms with van der Waals surface area (Å²) < 4.78 is 5.51. The molecule has 0 bridgehead atoms. The Kier molecular flexibility index (Phi) is 6.54. The Bertz CT molecular complexity index is 839. The van der Waals surface area contributed by atoms with Crippen molar-refractivity contribution in [3.63, 3.8) is 0 Å². The SMILES string of the molecule is O=C(CNC(=O)C1(c2ccccc2)CCOCC1)NCC1(c2cccs2)CCCC1. The maximum Gasteiger partial charge on any atom is 0.239 e. The van der Waals surface area contributed by atoms with Gasteiger partial charge in [-0.1, -0.05) is 49.2 Å². The summed E-state index contributed by atoms with van der Waals surface area (Å²) >= 11 is 1.77. The predicted molar refractivity (Wildman–Crippen MR) is 119 cm³/mol. The van der Waals surface area contributed by atoms with Crippen molar-refractivity contribution in [2.75, 3.05) is 26.3 Å². The molecule has 5 nitrogen and oxygen atoms in total. The summed E-state index contributed by atoms with van der Waals surface area (Å²) in [5.41, 5.74) is 0.428. The molecule has 1 aromatic heterocycles.